The number of fused-ring (bicyclic) bond motifs is 1. The maximum atomic E-state index is 12.0. The summed E-state index contributed by atoms with van der Waals surface area (Å²) in [5.74, 6) is 1.41. The highest BCUT2D eigenvalue weighted by Crippen LogP contribution is 2.33. The van der Waals surface area contributed by atoms with Crippen molar-refractivity contribution in [1.82, 2.24) is 0 Å². The molecule has 0 saturated heterocycles. The van der Waals surface area contributed by atoms with Gasteiger partial charge in [0.15, 0.2) is 17.3 Å². The van der Waals surface area contributed by atoms with Crippen molar-refractivity contribution in [2.45, 2.75) is 33.1 Å². The second-order valence-electron chi connectivity index (χ2n) is 4.88. The standard InChI is InChI=1S/C16H22O4/c1-3-6-19-15-9-12-5-8-18-11-14(17)13(12)10-16(15)20-7-4-2/h9-10H,3-8,11H2,1-2H3. The summed E-state index contributed by atoms with van der Waals surface area (Å²) >= 11 is 0. The first-order chi connectivity index (χ1) is 9.76. The number of carbonyl (C=O) groups excluding carboxylic acids is 1. The summed E-state index contributed by atoms with van der Waals surface area (Å²) < 4.78 is 16.8. The Morgan fingerprint density at radius 1 is 1.10 bits per heavy atom. The van der Waals surface area contributed by atoms with Gasteiger partial charge in [-0.15, -0.1) is 0 Å². The van der Waals surface area contributed by atoms with Gasteiger partial charge in [0.1, 0.15) is 6.61 Å². The van der Waals surface area contributed by atoms with E-state index >= 15 is 0 Å². The number of hydrogen-bond donors (Lipinski definition) is 0. The summed E-state index contributed by atoms with van der Waals surface area (Å²) in [6.07, 6.45) is 2.59. The smallest absolute Gasteiger partial charge is 0.188 e. The second-order valence-corrected chi connectivity index (χ2v) is 4.88. The van der Waals surface area contributed by atoms with Crippen LogP contribution in [0.3, 0.4) is 0 Å². The average molecular weight is 278 g/mol. The molecule has 0 spiro atoms. The van der Waals surface area contributed by atoms with Crippen LogP contribution in [-0.2, 0) is 11.2 Å². The van der Waals surface area contributed by atoms with E-state index in [-0.39, 0.29) is 12.4 Å². The predicted molar refractivity (Wildman–Crippen MR) is 76.9 cm³/mol. The Hall–Kier alpha value is -1.55. The molecule has 110 valence electrons. The fourth-order valence-electron chi connectivity index (χ4n) is 2.14. The third-order valence-electron chi connectivity index (χ3n) is 3.14. The molecule has 1 heterocycles. The van der Waals surface area contributed by atoms with Crippen LogP contribution in [0.4, 0.5) is 0 Å². The number of benzene rings is 1. The van der Waals surface area contributed by atoms with Gasteiger partial charge in [-0.3, -0.25) is 4.79 Å². The number of ether oxygens (including phenoxy) is 3. The van der Waals surface area contributed by atoms with Crippen LogP contribution in [0.1, 0.15) is 42.6 Å². The van der Waals surface area contributed by atoms with Gasteiger partial charge in [-0.25, -0.2) is 0 Å². The molecule has 4 nitrogen and oxygen atoms in total. The summed E-state index contributed by atoms with van der Waals surface area (Å²) in [6.45, 7) is 6.09. The predicted octanol–water partition coefficient (Wildman–Crippen LogP) is 3.02. The summed E-state index contributed by atoms with van der Waals surface area (Å²) in [6, 6.07) is 3.75. The van der Waals surface area contributed by atoms with E-state index < -0.39 is 0 Å². The molecule has 1 aliphatic rings. The van der Waals surface area contributed by atoms with Gasteiger partial charge < -0.3 is 14.2 Å². The van der Waals surface area contributed by atoms with E-state index in [0.717, 1.165) is 30.6 Å². The van der Waals surface area contributed by atoms with Gasteiger partial charge in [0.25, 0.3) is 0 Å². The van der Waals surface area contributed by atoms with Crippen molar-refractivity contribution in [3.05, 3.63) is 23.3 Å². The number of Topliss-reactive ketones (excluding diaryl/α,β-unsaturated/α-hetero) is 1. The Morgan fingerprint density at radius 3 is 2.40 bits per heavy atom. The fraction of sp³-hybridized carbons (Fsp3) is 0.562. The Labute approximate surface area is 120 Å². The topological polar surface area (TPSA) is 44.8 Å². The number of carbonyl (C=O) groups is 1. The number of ketones is 1. The Bertz CT molecular complexity index is 468. The molecular weight excluding hydrogens is 256 g/mol. The minimum atomic E-state index is 0.0147. The largest absolute Gasteiger partial charge is 0.490 e. The highest BCUT2D eigenvalue weighted by molar-refractivity contribution is 5.99. The van der Waals surface area contributed by atoms with Gasteiger partial charge >= 0.3 is 0 Å². The van der Waals surface area contributed by atoms with Crippen LogP contribution < -0.4 is 9.47 Å². The van der Waals surface area contributed by atoms with Gasteiger partial charge in [-0.1, -0.05) is 13.8 Å². The van der Waals surface area contributed by atoms with E-state index in [1.54, 1.807) is 0 Å². The van der Waals surface area contributed by atoms with E-state index in [0.29, 0.717) is 31.1 Å². The highest BCUT2D eigenvalue weighted by atomic mass is 16.5. The van der Waals surface area contributed by atoms with E-state index in [1.807, 2.05) is 12.1 Å². The normalized spacial score (nSPS) is 14.6. The van der Waals surface area contributed by atoms with Gasteiger partial charge in [0.05, 0.1) is 19.8 Å². The summed E-state index contributed by atoms with van der Waals surface area (Å²) in [7, 11) is 0. The summed E-state index contributed by atoms with van der Waals surface area (Å²) in [4.78, 5) is 12.0. The molecule has 0 amide bonds. The lowest BCUT2D eigenvalue weighted by molar-refractivity contribution is 0.0788. The van der Waals surface area contributed by atoms with Crippen molar-refractivity contribution >= 4 is 5.78 Å². The molecule has 0 aliphatic carbocycles. The van der Waals surface area contributed by atoms with Crippen molar-refractivity contribution in [2.24, 2.45) is 0 Å². The number of rotatable bonds is 6. The molecule has 0 bridgehead atoms. The highest BCUT2D eigenvalue weighted by Gasteiger charge is 2.20. The van der Waals surface area contributed by atoms with Crippen molar-refractivity contribution in [3.8, 4) is 11.5 Å². The molecule has 0 radical (unpaired) electrons. The van der Waals surface area contributed by atoms with E-state index in [9.17, 15) is 4.79 Å². The Kier molecular flexibility index (Phi) is 5.41. The fourth-order valence-corrected chi connectivity index (χ4v) is 2.14. The third-order valence-corrected chi connectivity index (χ3v) is 3.14. The van der Waals surface area contributed by atoms with Crippen LogP contribution in [0, 0.1) is 0 Å². The lowest BCUT2D eigenvalue weighted by Crippen LogP contribution is -2.09. The van der Waals surface area contributed by atoms with Crippen LogP contribution in [0.15, 0.2) is 12.1 Å². The summed E-state index contributed by atoms with van der Waals surface area (Å²) in [5.41, 5.74) is 1.69. The molecule has 20 heavy (non-hydrogen) atoms. The van der Waals surface area contributed by atoms with Crippen LogP contribution in [0.25, 0.3) is 0 Å². The van der Waals surface area contributed by atoms with E-state index in [2.05, 4.69) is 13.8 Å². The quantitative estimate of drug-likeness (QED) is 0.802. The first-order valence-corrected chi connectivity index (χ1v) is 7.29. The molecule has 0 aromatic heterocycles. The Morgan fingerprint density at radius 2 is 1.75 bits per heavy atom. The molecular formula is C16H22O4. The van der Waals surface area contributed by atoms with Crippen molar-refractivity contribution < 1.29 is 19.0 Å². The Balaban J connectivity index is 2.33. The third kappa shape index (κ3) is 3.51. The van der Waals surface area contributed by atoms with Crippen LogP contribution in [0.5, 0.6) is 11.5 Å². The molecule has 0 fully saturated rings. The molecule has 1 aromatic rings. The molecule has 4 heteroatoms. The van der Waals surface area contributed by atoms with Crippen LogP contribution in [0.2, 0.25) is 0 Å². The SMILES string of the molecule is CCCOc1cc2c(cc1OCCC)C(=O)COCC2. The molecule has 0 N–H and O–H groups in total. The molecule has 1 aliphatic heterocycles. The summed E-state index contributed by atoms with van der Waals surface area (Å²) in [5, 5.41) is 0. The van der Waals surface area contributed by atoms with Crippen LogP contribution in [-0.4, -0.2) is 32.2 Å². The zero-order chi connectivity index (χ0) is 14.4. The monoisotopic (exact) mass is 278 g/mol. The van der Waals surface area contributed by atoms with Crippen molar-refractivity contribution in [3.63, 3.8) is 0 Å². The first-order valence-electron chi connectivity index (χ1n) is 7.29. The molecule has 1 aromatic carbocycles. The van der Waals surface area contributed by atoms with Gasteiger partial charge in [-0.05, 0) is 37.0 Å². The van der Waals surface area contributed by atoms with Gasteiger partial charge in [0, 0.05) is 5.56 Å². The molecule has 0 saturated carbocycles. The minimum absolute atomic E-state index is 0.0147. The molecule has 0 unspecified atom stereocenters. The van der Waals surface area contributed by atoms with Crippen molar-refractivity contribution in [2.75, 3.05) is 26.4 Å². The van der Waals surface area contributed by atoms with E-state index in [1.165, 1.54) is 0 Å². The minimum Gasteiger partial charge on any atom is -0.490 e. The lowest BCUT2D eigenvalue weighted by Gasteiger charge is -2.15. The van der Waals surface area contributed by atoms with Crippen molar-refractivity contribution in [1.29, 1.82) is 0 Å². The van der Waals surface area contributed by atoms with Crippen LogP contribution >= 0.6 is 0 Å². The van der Waals surface area contributed by atoms with Gasteiger partial charge in [-0.2, -0.15) is 0 Å². The van der Waals surface area contributed by atoms with Gasteiger partial charge in [0.2, 0.25) is 0 Å². The zero-order valence-electron chi connectivity index (χ0n) is 12.2. The maximum absolute atomic E-state index is 12.0. The zero-order valence-corrected chi connectivity index (χ0v) is 12.2. The number of hydrogen-bond acceptors (Lipinski definition) is 4. The molecule has 0 atom stereocenters. The second kappa shape index (κ2) is 7.29. The lowest BCUT2D eigenvalue weighted by atomic mass is 10.0. The first kappa shape index (κ1) is 14.9. The maximum Gasteiger partial charge on any atom is 0.188 e. The molecule has 2 rings (SSSR count). The average Bonchev–Trinajstić information content (AvgIpc) is 2.64. The van der Waals surface area contributed by atoms with E-state index in [4.69, 9.17) is 14.2 Å².